The van der Waals surface area contributed by atoms with Crippen molar-refractivity contribution in [1.82, 2.24) is 10.2 Å². The summed E-state index contributed by atoms with van der Waals surface area (Å²) >= 11 is 0. The van der Waals surface area contributed by atoms with Gasteiger partial charge in [0.05, 0.1) is 5.69 Å². The van der Waals surface area contributed by atoms with Crippen molar-refractivity contribution in [2.75, 3.05) is 5.32 Å². The van der Waals surface area contributed by atoms with E-state index in [-0.39, 0.29) is 11.8 Å². The molecule has 2 heterocycles. The van der Waals surface area contributed by atoms with Crippen molar-refractivity contribution < 1.29 is 4.79 Å². The highest BCUT2D eigenvalue weighted by Gasteiger charge is 2.32. The van der Waals surface area contributed by atoms with Gasteiger partial charge in [0.25, 0.3) is 0 Å². The second-order valence-corrected chi connectivity index (χ2v) is 6.47. The average Bonchev–Trinajstić information content (AvgIpc) is 2.88. The molecular formula is C19H19N3O. The minimum Gasteiger partial charge on any atom is -0.309 e. The number of aromatic amines is 1. The summed E-state index contributed by atoms with van der Waals surface area (Å²) in [6, 6.07) is 8.61. The normalized spacial score (nSPS) is 19.2. The summed E-state index contributed by atoms with van der Waals surface area (Å²) in [4.78, 5) is 12.1. The van der Waals surface area contributed by atoms with Crippen molar-refractivity contribution in [3.63, 3.8) is 0 Å². The predicted octanol–water partition coefficient (Wildman–Crippen LogP) is 3.96. The maximum absolute atomic E-state index is 12.1. The molecule has 1 aromatic heterocycles. The predicted molar refractivity (Wildman–Crippen MR) is 91.3 cm³/mol. The van der Waals surface area contributed by atoms with E-state index in [1.807, 2.05) is 6.08 Å². The minimum atomic E-state index is 0.0200. The molecule has 2 aromatic rings. The van der Waals surface area contributed by atoms with Gasteiger partial charge in [-0.1, -0.05) is 56.3 Å². The van der Waals surface area contributed by atoms with Gasteiger partial charge in [-0.15, -0.1) is 0 Å². The zero-order valence-electron chi connectivity index (χ0n) is 13.3. The van der Waals surface area contributed by atoms with Crippen LogP contribution in [0.2, 0.25) is 0 Å². The molecule has 1 aliphatic carbocycles. The Hall–Kier alpha value is -2.62. The van der Waals surface area contributed by atoms with Crippen LogP contribution in [0.15, 0.2) is 42.5 Å². The fourth-order valence-electron chi connectivity index (χ4n) is 3.23. The lowest BCUT2D eigenvalue weighted by molar-refractivity contribution is -0.116. The topological polar surface area (TPSA) is 57.8 Å². The molecule has 0 saturated carbocycles. The second kappa shape index (κ2) is 5.23. The lowest BCUT2D eigenvalue weighted by atomic mass is 9.83. The molecule has 1 unspecified atom stereocenters. The number of fused-ring (bicyclic) bond motifs is 1. The van der Waals surface area contributed by atoms with E-state index in [1.165, 1.54) is 5.56 Å². The Kier molecular flexibility index (Phi) is 3.18. The molecular weight excluding hydrogens is 286 g/mol. The van der Waals surface area contributed by atoms with E-state index in [1.54, 1.807) is 0 Å². The Balaban J connectivity index is 1.77. The third-order valence-electron chi connectivity index (χ3n) is 4.65. The molecule has 23 heavy (non-hydrogen) atoms. The van der Waals surface area contributed by atoms with E-state index >= 15 is 0 Å². The number of hydrogen-bond donors (Lipinski definition) is 2. The van der Waals surface area contributed by atoms with E-state index in [4.69, 9.17) is 0 Å². The number of hydrogen-bond acceptors (Lipinski definition) is 2. The minimum absolute atomic E-state index is 0.0200. The number of nitrogens with one attached hydrogen (secondary N) is 2. The SMILES string of the molecule is CC(C)c1ccc(C2CC(=O)Nc3n[nH]c(C4=CC=C4)c32)cc1. The van der Waals surface area contributed by atoms with Crippen LogP contribution in [-0.4, -0.2) is 16.1 Å². The molecule has 116 valence electrons. The van der Waals surface area contributed by atoms with Crippen LogP contribution in [0, 0.1) is 0 Å². The number of carbonyl (C=O) groups is 1. The lowest BCUT2D eigenvalue weighted by Gasteiger charge is -2.24. The van der Waals surface area contributed by atoms with Gasteiger partial charge in [0, 0.05) is 17.9 Å². The van der Waals surface area contributed by atoms with E-state index in [9.17, 15) is 4.79 Å². The number of benzene rings is 1. The molecule has 0 bridgehead atoms. The third kappa shape index (κ3) is 2.31. The molecule has 0 saturated heterocycles. The van der Waals surface area contributed by atoms with Gasteiger partial charge in [0.1, 0.15) is 0 Å². The summed E-state index contributed by atoms with van der Waals surface area (Å²) in [7, 11) is 0. The number of carbonyl (C=O) groups excluding carboxylic acids is 1. The largest absolute Gasteiger partial charge is 0.309 e. The zero-order chi connectivity index (χ0) is 16.0. The number of anilines is 1. The first-order valence-corrected chi connectivity index (χ1v) is 8.00. The molecule has 4 rings (SSSR count). The summed E-state index contributed by atoms with van der Waals surface area (Å²) in [5.41, 5.74) is 5.72. The molecule has 4 heteroatoms. The second-order valence-electron chi connectivity index (χ2n) is 6.47. The standard InChI is InChI=1S/C19H19N3O/c1-11(2)12-6-8-13(9-7-12)15-10-16(23)20-19-17(15)18(21-22-19)14-4-3-5-14/h3-9,11,15H,10H2,1-2H3,(H2,20,21,22,23). The summed E-state index contributed by atoms with van der Waals surface area (Å²) in [6.07, 6.45) is 6.58. The molecule has 1 aliphatic heterocycles. The van der Waals surface area contributed by atoms with Gasteiger partial charge >= 0.3 is 0 Å². The molecule has 4 nitrogen and oxygen atoms in total. The maximum atomic E-state index is 12.1. The smallest absolute Gasteiger partial charge is 0.226 e. The summed E-state index contributed by atoms with van der Waals surface area (Å²) in [5, 5.41) is 10.3. The monoisotopic (exact) mass is 305 g/mol. The fourth-order valence-corrected chi connectivity index (χ4v) is 3.23. The average molecular weight is 305 g/mol. The Morgan fingerprint density at radius 2 is 1.96 bits per heavy atom. The fraction of sp³-hybridized carbons (Fsp3) is 0.263. The Morgan fingerprint density at radius 3 is 2.57 bits per heavy atom. The van der Waals surface area contributed by atoms with Crippen LogP contribution in [-0.2, 0) is 4.79 Å². The van der Waals surface area contributed by atoms with E-state index in [2.05, 4.69) is 65.8 Å². The van der Waals surface area contributed by atoms with Crippen LogP contribution < -0.4 is 5.32 Å². The van der Waals surface area contributed by atoms with Crippen molar-refractivity contribution in [2.45, 2.75) is 32.1 Å². The van der Waals surface area contributed by atoms with Gasteiger partial charge < -0.3 is 5.32 Å². The van der Waals surface area contributed by atoms with Gasteiger partial charge in [-0.25, -0.2) is 0 Å². The quantitative estimate of drug-likeness (QED) is 0.901. The number of amides is 1. The van der Waals surface area contributed by atoms with Gasteiger partial charge in [-0.2, -0.15) is 5.10 Å². The van der Waals surface area contributed by atoms with Crippen LogP contribution in [0.25, 0.3) is 5.57 Å². The van der Waals surface area contributed by atoms with Crippen LogP contribution in [0.4, 0.5) is 5.82 Å². The molecule has 1 amide bonds. The van der Waals surface area contributed by atoms with E-state index in [0.29, 0.717) is 18.2 Å². The lowest BCUT2D eigenvalue weighted by Crippen LogP contribution is -2.23. The molecule has 0 radical (unpaired) electrons. The summed E-state index contributed by atoms with van der Waals surface area (Å²) in [6.45, 7) is 4.37. The Labute approximate surface area is 135 Å². The first-order chi connectivity index (χ1) is 11.1. The highest BCUT2D eigenvalue weighted by molar-refractivity contribution is 5.96. The number of allylic oxidation sites excluding steroid dienone is 4. The highest BCUT2D eigenvalue weighted by Crippen LogP contribution is 2.41. The summed E-state index contributed by atoms with van der Waals surface area (Å²) in [5.74, 6) is 1.23. The van der Waals surface area contributed by atoms with E-state index in [0.717, 1.165) is 22.4 Å². The van der Waals surface area contributed by atoms with Gasteiger partial charge in [0.15, 0.2) is 5.82 Å². The van der Waals surface area contributed by atoms with Crippen molar-refractivity contribution in [3.8, 4) is 0 Å². The molecule has 0 fully saturated rings. The van der Waals surface area contributed by atoms with E-state index < -0.39 is 0 Å². The van der Waals surface area contributed by atoms with Crippen LogP contribution >= 0.6 is 0 Å². The van der Waals surface area contributed by atoms with Gasteiger partial charge in [-0.05, 0) is 22.6 Å². The number of H-pyrrole nitrogens is 1. The van der Waals surface area contributed by atoms with Crippen molar-refractivity contribution >= 4 is 17.3 Å². The number of rotatable bonds is 3. The van der Waals surface area contributed by atoms with Crippen LogP contribution in [0.3, 0.4) is 0 Å². The van der Waals surface area contributed by atoms with Gasteiger partial charge in [-0.3, -0.25) is 9.89 Å². The zero-order valence-corrected chi connectivity index (χ0v) is 13.3. The van der Waals surface area contributed by atoms with Gasteiger partial charge in [0.2, 0.25) is 5.91 Å². The maximum Gasteiger partial charge on any atom is 0.226 e. The molecule has 2 N–H and O–H groups in total. The highest BCUT2D eigenvalue weighted by atomic mass is 16.1. The third-order valence-corrected chi connectivity index (χ3v) is 4.65. The first-order valence-electron chi connectivity index (χ1n) is 8.00. The first kappa shape index (κ1) is 14.0. The number of nitrogens with zero attached hydrogens (tertiary/aromatic N) is 1. The molecule has 2 aliphatic rings. The molecule has 0 spiro atoms. The van der Waals surface area contributed by atoms with Crippen molar-refractivity contribution in [3.05, 3.63) is 64.9 Å². The number of aromatic nitrogens is 2. The van der Waals surface area contributed by atoms with Crippen molar-refractivity contribution in [2.24, 2.45) is 0 Å². The molecule has 1 atom stereocenters. The van der Waals surface area contributed by atoms with Crippen LogP contribution in [0.5, 0.6) is 0 Å². The Bertz CT molecular complexity index is 825. The molecule has 1 aromatic carbocycles. The van der Waals surface area contributed by atoms with Crippen molar-refractivity contribution in [1.29, 1.82) is 0 Å². The van der Waals surface area contributed by atoms with Crippen LogP contribution in [0.1, 0.15) is 54.5 Å². The summed E-state index contributed by atoms with van der Waals surface area (Å²) < 4.78 is 0. The Morgan fingerprint density at radius 1 is 1.22 bits per heavy atom.